The number of morpholine rings is 1. The number of phenolic OH excluding ortho intramolecular Hbond substituents is 1. The highest BCUT2D eigenvalue weighted by Gasteiger charge is 2.45. The Bertz CT molecular complexity index is 1890. The largest absolute Gasteiger partial charge is 0.508 e. The number of fused-ring (bicyclic) bond motifs is 4. The summed E-state index contributed by atoms with van der Waals surface area (Å²) in [5, 5.41) is 15.5. The lowest BCUT2D eigenvalue weighted by atomic mass is 9.92. The van der Waals surface area contributed by atoms with Crippen LogP contribution >= 0.6 is 0 Å². The average Bonchev–Trinajstić information content (AvgIpc) is 3.76. The molecule has 2 aromatic heterocycles. The lowest BCUT2D eigenvalue weighted by Crippen LogP contribution is -2.51. The number of aromatic hydroxyl groups is 1. The molecular formula is C36H37FN6O3. The van der Waals surface area contributed by atoms with E-state index in [9.17, 15) is 9.50 Å². The molecule has 8 rings (SSSR count). The van der Waals surface area contributed by atoms with Crippen LogP contribution in [-0.2, 0) is 4.74 Å². The fourth-order valence-electron chi connectivity index (χ4n) is 7.49. The third-order valence-corrected chi connectivity index (χ3v) is 10.0. The van der Waals surface area contributed by atoms with E-state index in [4.69, 9.17) is 30.8 Å². The van der Waals surface area contributed by atoms with Gasteiger partial charge in [0.05, 0.1) is 25.4 Å². The van der Waals surface area contributed by atoms with Crippen LogP contribution in [0, 0.1) is 23.6 Å². The molecule has 46 heavy (non-hydrogen) atoms. The molecule has 4 fully saturated rings. The fourth-order valence-corrected chi connectivity index (χ4v) is 7.49. The van der Waals surface area contributed by atoms with Crippen molar-refractivity contribution < 1.29 is 19.0 Å². The molecule has 0 spiro atoms. The van der Waals surface area contributed by atoms with Gasteiger partial charge < -0.3 is 24.8 Å². The van der Waals surface area contributed by atoms with Crippen LogP contribution in [0.2, 0.25) is 0 Å². The molecule has 3 aliphatic heterocycles. The number of nitrogens with zero attached hydrogens (tertiary/aromatic N) is 5. The van der Waals surface area contributed by atoms with E-state index >= 15 is 0 Å². The summed E-state index contributed by atoms with van der Waals surface area (Å²) in [5.74, 6) is 2.78. The Hall–Kier alpha value is -4.30. The van der Waals surface area contributed by atoms with E-state index in [0.717, 1.165) is 77.4 Å². The number of benzene rings is 2. The van der Waals surface area contributed by atoms with Gasteiger partial charge in [0.1, 0.15) is 22.6 Å². The van der Waals surface area contributed by atoms with Gasteiger partial charge >= 0.3 is 6.01 Å². The van der Waals surface area contributed by atoms with Crippen molar-refractivity contribution in [1.29, 1.82) is 0 Å². The van der Waals surface area contributed by atoms with Crippen LogP contribution in [0.15, 0.2) is 37.0 Å². The van der Waals surface area contributed by atoms with Crippen molar-refractivity contribution in [3.8, 4) is 35.2 Å². The Morgan fingerprint density at radius 1 is 1.13 bits per heavy atom. The third kappa shape index (κ3) is 5.22. The van der Waals surface area contributed by atoms with Crippen LogP contribution in [-0.4, -0.2) is 89.6 Å². The first-order valence-corrected chi connectivity index (χ1v) is 16.1. The van der Waals surface area contributed by atoms with Gasteiger partial charge in [-0.05, 0) is 54.8 Å². The van der Waals surface area contributed by atoms with Crippen LogP contribution < -0.4 is 15.0 Å². The summed E-state index contributed by atoms with van der Waals surface area (Å²) in [5.41, 5.74) is 3.32. The second-order valence-corrected chi connectivity index (χ2v) is 13.2. The Kier molecular flexibility index (Phi) is 7.28. The third-order valence-electron chi connectivity index (χ3n) is 10.0. The number of hydrogen-bond acceptors (Lipinski definition) is 9. The molecule has 2 N–H and O–H groups in total. The molecule has 0 radical (unpaired) electrons. The Balaban J connectivity index is 1.25. The molecule has 2 atom stereocenters. The SMILES string of the molecule is C#Cc1c(F)ccc2cc(O)cc(-c3cnc4c(N5CC6CCC(C5)N6)nc(OCC5(CN6CCOCC6)CC5)nc4c3C=C)c12. The van der Waals surface area contributed by atoms with Crippen molar-refractivity contribution in [1.82, 2.24) is 25.2 Å². The maximum absolute atomic E-state index is 15.0. The zero-order valence-electron chi connectivity index (χ0n) is 25.8. The number of aromatic nitrogens is 3. The van der Waals surface area contributed by atoms with Crippen LogP contribution in [0.25, 0.3) is 39.0 Å². The van der Waals surface area contributed by atoms with Crippen molar-refractivity contribution in [2.45, 2.75) is 37.8 Å². The lowest BCUT2D eigenvalue weighted by Gasteiger charge is -2.34. The molecule has 4 aliphatic rings. The highest BCUT2D eigenvalue weighted by molar-refractivity contribution is 6.06. The Labute approximate surface area is 267 Å². The second kappa shape index (κ2) is 11.5. The summed E-state index contributed by atoms with van der Waals surface area (Å²) in [6, 6.07) is 7.20. The summed E-state index contributed by atoms with van der Waals surface area (Å²) < 4.78 is 27.0. The summed E-state index contributed by atoms with van der Waals surface area (Å²) in [4.78, 5) is 19.6. The molecule has 2 aromatic carbocycles. The van der Waals surface area contributed by atoms with Crippen LogP contribution in [0.5, 0.6) is 11.8 Å². The number of ether oxygens (including phenoxy) is 2. The van der Waals surface area contributed by atoms with E-state index in [1.807, 2.05) is 0 Å². The summed E-state index contributed by atoms with van der Waals surface area (Å²) in [6.45, 7) is 10.7. The van der Waals surface area contributed by atoms with Crippen molar-refractivity contribution >= 4 is 33.7 Å². The van der Waals surface area contributed by atoms with E-state index in [1.165, 1.54) is 6.07 Å². The number of rotatable bonds is 8. The summed E-state index contributed by atoms with van der Waals surface area (Å²) in [6.07, 6.45) is 13.7. The predicted octanol–water partition coefficient (Wildman–Crippen LogP) is 4.75. The standard InChI is InChI=1S/C36H37FN6O3/c1-3-26-29(28-16-25(44)15-22-5-8-30(37)27(4-2)31(22)28)17-38-33-32(26)40-35(41-34(33)43-18-23-6-7-24(19-43)39-23)46-21-36(9-10-36)20-42-11-13-45-14-12-42/h2-3,5,8,15-17,23-24,39,44H,1,6-7,9-14,18-21H2. The summed E-state index contributed by atoms with van der Waals surface area (Å²) in [7, 11) is 0. The van der Waals surface area contributed by atoms with Crippen molar-refractivity contribution in [2.75, 3.05) is 57.4 Å². The molecule has 1 saturated carbocycles. The number of hydrogen-bond donors (Lipinski definition) is 2. The Morgan fingerprint density at radius 3 is 2.63 bits per heavy atom. The first-order valence-electron chi connectivity index (χ1n) is 16.1. The molecule has 9 nitrogen and oxygen atoms in total. The molecule has 2 bridgehead atoms. The molecule has 236 valence electrons. The number of piperazine rings is 1. The van der Waals surface area contributed by atoms with Crippen molar-refractivity contribution in [3.05, 3.63) is 54.0 Å². The monoisotopic (exact) mass is 620 g/mol. The normalized spacial score (nSPS) is 22.2. The maximum atomic E-state index is 15.0. The van der Waals surface area contributed by atoms with Crippen LogP contribution in [0.1, 0.15) is 36.8 Å². The van der Waals surface area contributed by atoms with E-state index in [-0.39, 0.29) is 16.7 Å². The molecular weight excluding hydrogens is 583 g/mol. The smallest absolute Gasteiger partial charge is 0.319 e. The lowest BCUT2D eigenvalue weighted by molar-refractivity contribution is 0.0231. The number of halogens is 1. The van der Waals surface area contributed by atoms with Gasteiger partial charge in [-0.3, -0.25) is 4.90 Å². The molecule has 1 aliphatic carbocycles. The van der Waals surface area contributed by atoms with E-state index in [2.05, 4.69) is 27.6 Å². The zero-order chi connectivity index (χ0) is 31.4. The minimum atomic E-state index is -0.504. The van der Waals surface area contributed by atoms with E-state index in [0.29, 0.717) is 63.2 Å². The topological polar surface area (TPSA) is 95.9 Å². The van der Waals surface area contributed by atoms with Gasteiger partial charge in [-0.15, -0.1) is 6.42 Å². The number of anilines is 1. The van der Waals surface area contributed by atoms with Gasteiger partial charge in [-0.1, -0.05) is 24.6 Å². The number of pyridine rings is 1. The first kappa shape index (κ1) is 29.1. The van der Waals surface area contributed by atoms with Gasteiger partial charge in [-0.25, -0.2) is 9.37 Å². The van der Waals surface area contributed by atoms with E-state index in [1.54, 1.807) is 30.5 Å². The Morgan fingerprint density at radius 2 is 1.91 bits per heavy atom. The van der Waals surface area contributed by atoms with Crippen LogP contribution in [0.4, 0.5) is 10.2 Å². The molecule has 3 saturated heterocycles. The zero-order valence-corrected chi connectivity index (χ0v) is 25.8. The average molecular weight is 621 g/mol. The van der Waals surface area contributed by atoms with Crippen molar-refractivity contribution in [2.24, 2.45) is 5.41 Å². The highest BCUT2D eigenvalue weighted by Crippen LogP contribution is 2.47. The van der Waals surface area contributed by atoms with Crippen molar-refractivity contribution in [3.63, 3.8) is 0 Å². The molecule has 2 unspecified atom stereocenters. The highest BCUT2D eigenvalue weighted by atomic mass is 19.1. The van der Waals surface area contributed by atoms with Gasteiger partial charge in [0.2, 0.25) is 0 Å². The minimum absolute atomic E-state index is 0.0332. The second-order valence-electron chi connectivity index (χ2n) is 13.2. The minimum Gasteiger partial charge on any atom is -0.508 e. The van der Waals surface area contributed by atoms with Crippen LogP contribution in [0.3, 0.4) is 0 Å². The van der Waals surface area contributed by atoms with Gasteiger partial charge in [0.15, 0.2) is 5.82 Å². The van der Waals surface area contributed by atoms with E-state index < -0.39 is 5.82 Å². The number of nitrogens with one attached hydrogen (secondary N) is 1. The predicted molar refractivity (Wildman–Crippen MR) is 177 cm³/mol. The molecule has 10 heteroatoms. The number of phenols is 1. The maximum Gasteiger partial charge on any atom is 0.319 e. The van der Waals surface area contributed by atoms with Gasteiger partial charge in [0.25, 0.3) is 0 Å². The first-order chi connectivity index (χ1) is 22.4. The number of terminal acetylenes is 1. The van der Waals surface area contributed by atoms with Gasteiger partial charge in [-0.2, -0.15) is 9.97 Å². The summed E-state index contributed by atoms with van der Waals surface area (Å²) >= 11 is 0. The molecule has 5 heterocycles. The van der Waals surface area contributed by atoms with Gasteiger partial charge in [0, 0.05) is 72.9 Å². The fraction of sp³-hybridized carbons (Fsp3) is 0.417. The quantitative estimate of drug-likeness (QED) is 0.271. The molecule has 0 amide bonds. The molecule has 4 aromatic rings.